The van der Waals surface area contributed by atoms with Gasteiger partial charge in [0.15, 0.2) is 0 Å². The van der Waals surface area contributed by atoms with Crippen molar-refractivity contribution in [1.82, 2.24) is 19.5 Å². The summed E-state index contributed by atoms with van der Waals surface area (Å²) in [6, 6.07) is 14.3. The number of hydrogen-bond acceptors (Lipinski definition) is 7. The number of ether oxygens (including phenoxy) is 1. The molecule has 3 saturated heterocycles. The number of hydrogen-bond donors (Lipinski definition) is 1. The number of carbonyl (C=O) groups is 1. The Bertz CT molecular complexity index is 1480. The lowest BCUT2D eigenvalue weighted by Gasteiger charge is -2.45. The van der Waals surface area contributed by atoms with Crippen molar-refractivity contribution in [2.45, 2.75) is 28.9 Å². The number of carbonyl (C=O) groups excluding carboxylic acids is 1. The number of aromatic nitrogens is 1. The summed E-state index contributed by atoms with van der Waals surface area (Å²) < 4.78 is 34.5. The Hall–Kier alpha value is -2.76. The first-order chi connectivity index (χ1) is 18.2. The Balaban J connectivity index is 1.26. The van der Waals surface area contributed by atoms with Gasteiger partial charge in [0.2, 0.25) is 15.9 Å². The van der Waals surface area contributed by atoms with Gasteiger partial charge in [-0.3, -0.25) is 15.1 Å². The number of amides is 1. The standard InChI is InChI=1S/C27H30ClN5O4S/c1-37-19-27-18-32(38(35,36)24-5-3-20-14-22(28)4-2-21(20)15-24)16-25(34)33(27)17-26(30-27)8-12-31(13-9-26)23-6-10-29-11-7-23/h2-7,10-11,14-15,30H,8-9,12-13,16-19H2,1H3/t27-/m0/s1. The van der Waals surface area contributed by atoms with Crippen LogP contribution in [0.15, 0.2) is 65.8 Å². The van der Waals surface area contributed by atoms with Gasteiger partial charge in [0.05, 0.1) is 24.6 Å². The van der Waals surface area contributed by atoms with Crippen LogP contribution in [0, 0.1) is 0 Å². The topological polar surface area (TPSA) is 95.1 Å². The summed E-state index contributed by atoms with van der Waals surface area (Å²) in [6.07, 6.45) is 5.23. The highest BCUT2D eigenvalue weighted by Crippen LogP contribution is 2.39. The number of rotatable bonds is 5. The fraction of sp³-hybridized carbons (Fsp3) is 0.407. The highest BCUT2D eigenvalue weighted by molar-refractivity contribution is 7.89. The highest BCUT2D eigenvalue weighted by Gasteiger charge is 2.59. The molecule has 3 aromatic rings. The van der Waals surface area contributed by atoms with Crippen molar-refractivity contribution in [3.05, 3.63) is 65.9 Å². The van der Waals surface area contributed by atoms with Crippen LogP contribution in [-0.4, -0.2) is 86.2 Å². The van der Waals surface area contributed by atoms with Gasteiger partial charge in [-0.05, 0) is 60.0 Å². The van der Waals surface area contributed by atoms with Crippen LogP contribution >= 0.6 is 11.6 Å². The maximum Gasteiger partial charge on any atom is 0.243 e. The summed E-state index contributed by atoms with van der Waals surface area (Å²) in [5, 5.41) is 5.94. The van der Waals surface area contributed by atoms with Crippen LogP contribution < -0.4 is 10.2 Å². The third-order valence-corrected chi connectivity index (χ3v) is 10.1. The monoisotopic (exact) mass is 555 g/mol. The zero-order valence-electron chi connectivity index (χ0n) is 21.1. The number of piperidine rings is 1. The zero-order chi connectivity index (χ0) is 26.5. The lowest BCUT2D eigenvalue weighted by Crippen LogP contribution is -2.70. The second kappa shape index (κ2) is 9.46. The zero-order valence-corrected chi connectivity index (χ0v) is 22.7. The molecule has 3 aliphatic rings. The normalized spacial score (nSPS) is 23.8. The van der Waals surface area contributed by atoms with Gasteiger partial charge < -0.3 is 14.5 Å². The Kier molecular flexibility index (Phi) is 6.35. The molecule has 1 aromatic heterocycles. The average molecular weight is 556 g/mol. The molecule has 3 fully saturated rings. The molecule has 6 rings (SSSR count). The van der Waals surface area contributed by atoms with Crippen LogP contribution in [0.5, 0.6) is 0 Å². The summed E-state index contributed by atoms with van der Waals surface area (Å²) in [4.78, 5) is 21.9. The van der Waals surface area contributed by atoms with Crippen LogP contribution in [0.3, 0.4) is 0 Å². The SMILES string of the molecule is COC[C@]12CN(S(=O)(=O)c3ccc4cc(Cl)ccc4c3)CC(=O)N1CC1(CCN(c3ccncc3)CC1)N2. The van der Waals surface area contributed by atoms with E-state index in [0.717, 1.165) is 42.4 Å². The Morgan fingerprint density at radius 3 is 2.47 bits per heavy atom. The molecular formula is C27H30ClN5O4S. The number of methoxy groups -OCH3 is 1. The molecular weight excluding hydrogens is 526 g/mol. The molecule has 1 N–H and O–H groups in total. The van der Waals surface area contributed by atoms with Crippen molar-refractivity contribution in [2.24, 2.45) is 0 Å². The third-order valence-electron chi connectivity index (χ3n) is 8.07. The first-order valence-electron chi connectivity index (χ1n) is 12.7. The van der Waals surface area contributed by atoms with Crippen molar-refractivity contribution >= 4 is 44.0 Å². The molecule has 0 saturated carbocycles. The number of benzene rings is 2. The first-order valence-corrected chi connectivity index (χ1v) is 14.5. The van der Waals surface area contributed by atoms with E-state index in [2.05, 4.69) is 15.2 Å². The van der Waals surface area contributed by atoms with E-state index in [0.29, 0.717) is 11.6 Å². The summed E-state index contributed by atoms with van der Waals surface area (Å²) >= 11 is 6.09. The first kappa shape index (κ1) is 25.5. The fourth-order valence-electron chi connectivity index (χ4n) is 6.19. The summed E-state index contributed by atoms with van der Waals surface area (Å²) in [5.41, 5.74) is -0.108. The number of nitrogens with zero attached hydrogens (tertiary/aromatic N) is 4. The van der Waals surface area contributed by atoms with E-state index >= 15 is 0 Å². The summed E-state index contributed by atoms with van der Waals surface area (Å²) in [7, 11) is -2.35. The highest BCUT2D eigenvalue weighted by atomic mass is 35.5. The molecule has 9 nitrogen and oxygen atoms in total. The van der Waals surface area contributed by atoms with E-state index in [1.165, 1.54) is 4.31 Å². The molecule has 0 radical (unpaired) electrons. The van der Waals surface area contributed by atoms with Crippen LogP contribution in [0.1, 0.15) is 12.8 Å². The number of piperazine rings is 1. The van der Waals surface area contributed by atoms with Crippen molar-refractivity contribution in [3.63, 3.8) is 0 Å². The van der Waals surface area contributed by atoms with Gasteiger partial charge in [0.1, 0.15) is 5.66 Å². The van der Waals surface area contributed by atoms with Gasteiger partial charge in [-0.25, -0.2) is 8.42 Å². The Morgan fingerprint density at radius 1 is 1.03 bits per heavy atom. The molecule has 1 atom stereocenters. The lowest BCUT2D eigenvalue weighted by molar-refractivity contribution is -0.144. The molecule has 4 heterocycles. The molecule has 1 amide bonds. The van der Waals surface area contributed by atoms with Crippen LogP contribution in [-0.2, 0) is 19.6 Å². The second-order valence-electron chi connectivity index (χ2n) is 10.5. The van der Waals surface area contributed by atoms with Crippen LogP contribution in [0.4, 0.5) is 5.69 Å². The van der Waals surface area contributed by atoms with Gasteiger partial charge in [-0.1, -0.05) is 23.7 Å². The van der Waals surface area contributed by atoms with Crippen molar-refractivity contribution in [1.29, 1.82) is 0 Å². The van der Waals surface area contributed by atoms with Gasteiger partial charge in [-0.15, -0.1) is 0 Å². The average Bonchev–Trinajstić information content (AvgIpc) is 3.23. The maximum absolute atomic E-state index is 13.8. The number of fused-ring (bicyclic) bond motifs is 2. The minimum atomic E-state index is -3.94. The minimum absolute atomic E-state index is 0.114. The van der Waals surface area contributed by atoms with E-state index < -0.39 is 15.7 Å². The van der Waals surface area contributed by atoms with E-state index in [4.69, 9.17) is 16.3 Å². The second-order valence-corrected chi connectivity index (χ2v) is 12.8. The predicted octanol–water partition coefficient (Wildman–Crippen LogP) is 2.71. The molecule has 2 aromatic carbocycles. The molecule has 11 heteroatoms. The third kappa shape index (κ3) is 4.34. The number of pyridine rings is 1. The Morgan fingerprint density at radius 2 is 1.74 bits per heavy atom. The molecule has 0 bridgehead atoms. The van der Waals surface area contributed by atoms with Gasteiger partial charge in [-0.2, -0.15) is 4.31 Å². The van der Waals surface area contributed by atoms with Crippen LogP contribution in [0.25, 0.3) is 10.8 Å². The van der Waals surface area contributed by atoms with E-state index in [1.807, 2.05) is 17.0 Å². The summed E-state index contributed by atoms with van der Waals surface area (Å²) in [6.45, 7) is 2.29. The number of sulfonamides is 1. The number of halogens is 1. The van der Waals surface area contributed by atoms with E-state index in [1.54, 1.807) is 55.9 Å². The molecule has 38 heavy (non-hydrogen) atoms. The maximum atomic E-state index is 13.8. The smallest absolute Gasteiger partial charge is 0.243 e. The van der Waals surface area contributed by atoms with Crippen molar-refractivity contribution < 1.29 is 17.9 Å². The predicted molar refractivity (Wildman–Crippen MR) is 146 cm³/mol. The number of anilines is 1. The summed E-state index contributed by atoms with van der Waals surface area (Å²) in [5.74, 6) is -0.217. The minimum Gasteiger partial charge on any atom is -0.381 e. The lowest BCUT2D eigenvalue weighted by atomic mass is 9.88. The molecule has 0 unspecified atom stereocenters. The quantitative estimate of drug-likeness (QED) is 0.517. The van der Waals surface area contributed by atoms with Gasteiger partial charge >= 0.3 is 0 Å². The largest absolute Gasteiger partial charge is 0.381 e. The molecule has 3 aliphatic heterocycles. The molecule has 200 valence electrons. The van der Waals surface area contributed by atoms with Gasteiger partial charge in [0, 0.05) is 55.4 Å². The number of nitrogens with one attached hydrogen (secondary N) is 1. The Labute approximate surface area is 227 Å². The van der Waals surface area contributed by atoms with Crippen LogP contribution in [0.2, 0.25) is 5.02 Å². The van der Waals surface area contributed by atoms with E-state index in [9.17, 15) is 13.2 Å². The fourth-order valence-corrected chi connectivity index (χ4v) is 7.85. The van der Waals surface area contributed by atoms with Gasteiger partial charge in [0.25, 0.3) is 0 Å². The van der Waals surface area contributed by atoms with Crippen molar-refractivity contribution in [3.8, 4) is 0 Å². The molecule has 1 spiro atoms. The van der Waals surface area contributed by atoms with Crippen molar-refractivity contribution in [2.75, 3.05) is 51.3 Å². The van der Waals surface area contributed by atoms with E-state index in [-0.39, 0.29) is 36.0 Å². The molecule has 0 aliphatic carbocycles.